The lowest BCUT2D eigenvalue weighted by Crippen LogP contribution is -2.16. The fraction of sp³-hybridized carbons (Fsp3) is 0.364. The van der Waals surface area contributed by atoms with Crippen molar-refractivity contribution in [3.63, 3.8) is 0 Å². The molecule has 3 heteroatoms. The van der Waals surface area contributed by atoms with Crippen molar-refractivity contribution in [2.75, 3.05) is 0 Å². The Morgan fingerprint density at radius 1 is 1.29 bits per heavy atom. The molecule has 0 spiro atoms. The standard InChI is InChI=1S/C11H14N2O/c1-11(2,14)10-8-6-4-5-7-9(8)13(3)12-10/h4-7,14H,1-3H3. The fourth-order valence-corrected chi connectivity index (χ4v) is 1.67. The van der Waals surface area contributed by atoms with Gasteiger partial charge in [-0.15, -0.1) is 0 Å². The second-order valence-electron chi connectivity index (χ2n) is 4.05. The zero-order valence-corrected chi connectivity index (χ0v) is 8.65. The molecule has 0 atom stereocenters. The van der Waals surface area contributed by atoms with Crippen LogP contribution in [-0.4, -0.2) is 14.9 Å². The molecule has 14 heavy (non-hydrogen) atoms. The average molecular weight is 190 g/mol. The average Bonchev–Trinajstić information content (AvgIpc) is 2.44. The van der Waals surface area contributed by atoms with Crippen LogP contribution in [0.2, 0.25) is 0 Å². The molecule has 0 radical (unpaired) electrons. The van der Waals surface area contributed by atoms with Gasteiger partial charge in [-0.05, 0) is 19.9 Å². The summed E-state index contributed by atoms with van der Waals surface area (Å²) < 4.78 is 1.79. The summed E-state index contributed by atoms with van der Waals surface area (Å²) >= 11 is 0. The van der Waals surface area contributed by atoms with Crippen LogP contribution in [0.4, 0.5) is 0 Å². The molecule has 0 saturated heterocycles. The maximum atomic E-state index is 9.92. The first kappa shape index (κ1) is 9.21. The number of nitrogens with zero attached hydrogens (tertiary/aromatic N) is 2. The molecule has 0 aliphatic carbocycles. The minimum atomic E-state index is -0.888. The van der Waals surface area contributed by atoms with Gasteiger partial charge in [-0.3, -0.25) is 4.68 Å². The Balaban J connectivity index is 2.80. The van der Waals surface area contributed by atoms with E-state index in [0.29, 0.717) is 0 Å². The van der Waals surface area contributed by atoms with Gasteiger partial charge < -0.3 is 5.11 Å². The van der Waals surface area contributed by atoms with Crippen LogP contribution < -0.4 is 0 Å². The Morgan fingerprint density at radius 2 is 1.93 bits per heavy atom. The Bertz CT molecular complexity index is 466. The summed E-state index contributed by atoms with van der Waals surface area (Å²) in [4.78, 5) is 0. The van der Waals surface area contributed by atoms with Crippen LogP contribution in [0.25, 0.3) is 10.9 Å². The topological polar surface area (TPSA) is 38.0 Å². The molecule has 1 heterocycles. The molecule has 0 unspecified atom stereocenters. The van der Waals surface area contributed by atoms with Gasteiger partial charge in [0.25, 0.3) is 0 Å². The number of aryl methyl sites for hydroxylation is 1. The molecule has 0 bridgehead atoms. The molecule has 1 N–H and O–H groups in total. The van der Waals surface area contributed by atoms with Crippen LogP contribution in [0.5, 0.6) is 0 Å². The molecule has 0 fully saturated rings. The molecular formula is C11H14N2O. The van der Waals surface area contributed by atoms with Gasteiger partial charge in [0.1, 0.15) is 11.3 Å². The third-order valence-corrected chi connectivity index (χ3v) is 2.34. The van der Waals surface area contributed by atoms with Crippen LogP contribution in [0.1, 0.15) is 19.5 Å². The molecule has 0 aliphatic rings. The number of fused-ring (bicyclic) bond motifs is 1. The summed E-state index contributed by atoms with van der Waals surface area (Å²) in [7, 11) is 1.89. The first-order chi connectivity index (χ1) is 6.50. The Hall–Kier alpha value is -1.35. The third-order valence-electron chi connectivity index (χ3n) is 2.34. The van der Waals surface area contributed by atoms with E-state index in [1.807, 2.05) is 31.3 Å². The summed E-state index contributed by atoms with van der Waals surface area (Å²) in [6.45, 7) is 3.50. The van der Waals surface area contributed by atoms with E-state index in [-0.39, 0.29) is 0 Å². The Kier molecular flexibility index (Phi) is 1.86. The molecule has 3 nitrogen and oxygen atoms in total. The quantitative estimate of drug-likeness (QED) is 0.744. The Morgan fingerprint density at radius 3 is 2.57 bits per heavy atom. The summed E-state index contributed by atoms with van der Waals surface area (Å²) in [6, 6.07) is 7.91. The van der Waals surface area contributed by atoms with Gasteiger partial charge in [-0.1, -0.05) is 18.2 Å². The van der Waals surface area contributed by atoms with Crippen molar-refractivity contribution < 1.29 is 5.11 Å². The predicted molar refractivity (Wildman–Crippen MR) is 56.0 cm³/mol. The number of benzene rings is 1. The van der Waals surface area contributed by atoms with E-state index < -0.39 is 5.60 Å². The second kappa shape index (κ2) is 2.82. The van der Waals surface area contributed by atoms with Crippen LogP contribution in [-0.2, 0) is 12.6 Å². The second-order valence-corrected chi connectivity index (χ2v) is 4.05. The molecule has 2 aromatic rings. The molecule has 0 amide bonds. The number of hydrogen-bond donors (Lipinski definition) is 1. The van der Waals surface area contributed by atoms with E-state index in [9.17, 15) is 5.11 Å². The molecule has 0 saturated carbocycles. The van der Waals surface area contributed by atoms with Crippen LogP contribution in [0.15, 0.2) is 24.3 Å². The van der Waals surface area contributed by atoms with Crippen molar-refractivity contribution in [1.82, 2.24) is 9.78 Å². The van der Waals surface area contributed by atoms with Crippen molar-refractivity contribution in [3.05, 3.63) is 30.0 Å². The molecule has 0 aliphatic heterocycles. The molecule has 2 rings (SSSR count). The van der Waals surface area contributed by atoms with Gasteiger partial charge >= 0.3 is 0 Å². The van der Waals surface area contributed by atoms with Crippen molar-refractivity contribution >= 4 is 10.9 Å². The molecular weight excluding hydrogens is 176 g/mol. The van der Waals surface area contributed by atoms with Crippen molar-refractivity contribution in [3.8, 4) is 0 Å². The predicted octanol–water partition coefficient (Wildman–Crippen LogP) is 1.80. The zero-order valence-electron chi connectivity index (χ0n) is 8.65. The van der Waals surface area contributed by atoms with Crippen LogP contribution in [0, 0.1) is 0 Å². The monoisotopic (exact) mass is 190 g/mol. The summed E-state index contributed by atoms with van der Waals surface area (Å²) in [5.74, 6) is 0. The highest BCUT2D eigenvalue weighted by atomic mass is 16.3. The summed E-state index contributed by atoms with van der Waals surface area (Å²) in [5, 5.41) is 15.3. The van der Waals surface area contributed by atoms with Crippen LogP contribution >= 0.6 is 0 Å². The Labute approximate surface area is 83.0 Å². The summed E-state index contributed by atoms with van der Waals surface area (Å²) in [6.07, 6.45) is 0. The lowest BCUT2D eigenvalue weighted by atomic mass is 10.0. The number of aliphatic hydroxyl groups is 1. The summed E-state index contributed by atoms with van der Waals surface area (Å²) in [5.41, 5.74) is 0.890. The minimum Gasteiger partial charge on any atom is -0.384 e. The lowest BCUT2D eigenvalue weighted by Gasteiger charge is -2.13. The third kappa shape index (κ3) is 1.30. The maximum absolute atomic E-state index is 9.92. The highest BCUT2D eigenvalue weighted by molar-refractivity contribution is 5.82. The SMILES string of the molecule is Cn1nc(C(C)(C)O)c2ccccc21. The minimum absolute atomic E-state index is 0.732. The van der Waals surface area contributed by atoms with Crippen molar-refractivity contribution in [2.45, 2.75) is 19.4 Å². The smallest absolute Gasteiger partial charge is 0.103 e. The van der Waals surface area contributed by atoms with Gasteiger partial charge in [0.2, 0.25) is 0 Å². The largest absolute Gasteiger partial charge is 0.384 e. The van der Waals surface area contributed by atoms with E-state index in [1.165, 1.54) is 0 Å². The first-order valence-electron chi connectivity index (χ1n) is 4.65. The van der Waals surface area contributed by atoms with E-state index in [0.717, 1.165) is 16.6 Å². The van der Waals surface area contributed by atoms with E-state index in [4.69, 9.17) is 0 Å². The fourth-order valence-electron chi connectivity index (χ4n) is 1.67. The molecule has 1 aromatic carbocycles. The van der Waals surface area contributed by atoms with E-state index in [2.05, 4.69) is 5.10 Å². The maximum Gasteiger partial charge on any atom is 0.103 e. The van der Waals surface area contributed by atoms with Gasteiger partial charge in [0.15, 0.2) is 0 Å². The van der Waals surface area contributed by atoms with Gasteiger partial charge in [-0.2, -0.15) is 5.10 Å². The lowest BCUT2D eigenvalue weighted by molar-refractivity contribution is 0.0747. The zero-order chi connectivity index (χ0) is 10.3. The van der Waals surface area contributed by atoms with E-state index >= 15 is 0 Å². The van der Waals surface area contributed by atoms with Gasteiger partial charge in [0.05, 0.1) is 5.52 Å². The number of aromatic nitrogens is 2. The van der Waals surface area contributed by atoms with Crippen molar-refractivity contribution in [2.24, 2.45) is 7.05 Å². The van der Waals surface area contributed by atoms with Crippen molar-refractivity contribution in [1.29, 1.82) is 0 Å². The number of hydrogen-bond acceptors (Lipinski definition) is 2. The first-order valence-corrected chi connectivity index (χ1v) is 4.65. The van der Waals surface area contributed by atoms with Crippen LogP contribution in [0.3, 0.4) is 0 Å². The van der Waals surface area contributed by atoms with E-state index in [1.54, 1.807) is 18.5 Å². The molecule has 1 aromatic heterocycles. The number of rotatable bonds is 1. The van der Waals surface area contributed by atoms with Gasteiger partial charge in [-0.25, -0.2) is 0 Å². The highest BCUT2D eigenvalue weighted by Crippen LogP contribution is 2.26. The highest BCUT2D eigenvalue weighted by Gasteiger charge is 2.22. The number of para-hydroxylation sites is 1. The van der Waals surface area contributed by atoms with Gasteiger partial charge in [0, 0.05) is 12.4 Å². The normalized spacial score (nSPS) is 12.3. The molecule has 74 valence electrons.